The molecule has 0 fully saturated rings. The number of ether oxygens (including phenoxy) is 1. The van der Waals surface area contributed by atoms with Crippen molar-refractivity contribution < 1.29 is 17.9 Å². The summed E-state index contributed by atoms with van der Waals surface area (Å²) >= 11 is 0. The summed E-state index contributed by atoms with van der Waals surface area (Å²) in [6, 6.07) is 0. The van der Waals surface area contributed by atoms with Crippen LogP contribution in [0, 0.1) is 0 Å². The Balaban J connectivity index is 4.13. The molecular weight excluding hydrogens is 209 g/mol. The number of hydrogen-bond acceptors (Lipinski definition) is 3. The van der Waals surface area contributed by atoms with E-state index < -0.39 is 19.2 Å². The molecule has 0 atom stereocenters. The average molecular weight is 222 g/mol. The van der Waals surface area contributed by atoms with E-state index in [1.165, 1.54) is 12.2 Å². The number of rotatable bonds is 4. The number of hydrogen-bond donors (Lipinski definition) is 1. The zero-order valence-electron chi connectivity index (χ0n) is 8.34. The molecule has 0 aliphatic heterocycles. The topological polar surface area (TPSA) is 47.6 Å². The fourth-order valence-electron chi connectivity index (χ4n) is 0.600. The molecule has 0 aromatic carbocycles. The lowest BCUT2D eigenvalue weighted by molar-refractivity contribution is -0.140. The molecule has 6 heteroatoms. The van der Waals surface area contributed by atoms with Gasteiger partial charge in [0, 0.05) is 0 Å². The van der Waals surface area contributed by atoms with Crippen LogP contribution in [-0.4, -0.2) is 18.7 Å². The number of alkyl halides is 3. The van der Waals surface area contributed by atoms with Crippen LogP contribution in [0.4, 0.5) is 13.2 Å². The van der Waals surface area contributed by atoms with Crippen LogP contribution in [0.15, 0.2) is 29.5 Å². The molecule has 0 unspecified atom stereocenters. The molecule has 0 radical (unpaired) electrons. The molecule has 0 spiro atoms. The van der Waals surface area contributed by atoms with E-state index in [1.807, 2.05) is 0 Å². The SMILES string of the molecule is C=CC(=N/C(N)=C\C)OCCC(F)(F)F. The molecule has 0 rings (SSSR count). The molecule has 0 saturated carbocycles. The van der Waals surface area contributed by atoms with E-state index in [1.54, 1.807) is 6.92 Å². The number of allylic oxidation sites excluding steroid dienone is 1. The van der Waals surface area contributed by atoms with E-state index in [9.17, 15) is 13.2 Å². The molecule has 0 aromatic rings. The van der Waals surface area contributed by atoms with Gasteiger partial charge in [-0.05, 0) is 19.1 Å². The quantitative estimate of drug-likeness (QED) is 0.586. The van der Waals surface area contributed by atoms with Crippen molar-refractivity contribution in [2.45, 2.75) is 19.5 Å². The first kappa shape index (κ1) is 13.5. The van der Waals surface area contributed by atoms with Gasteiger partial charge in [0.25, 0.3) is 0 Å². The summed E-state index contributed by atoms with van der Waals surface area (Å²) in [6.07, 6.45) is -2.57. The zero-order chi connectivity index (χ0) is 11.9. The highest BCUT2D eigenvalue weighted by Gasteiger charge is 2.26. The van der Waals surface area contributed by atoms with Gasteiger partial charge < -0.3 is 10.5 Å². The van der Waals surface area contributed by atoms with E-state index in [4.69, 9.17) is 10.5 Å². The second-order valence-electron chi connectivity index (χ2n) is 2.58. The van der Waals surface area contributed by atoms with E-state index in [-0.39, 0.29) is 11.7 Å². The summed E-state index contributed by atoms with van der Waals surface area (Å²) in [5.41, 5.74) is 5.33. The molecule has 0 saturated heterocycles. The summed E-state index contributed by atoms with van der Waals surface area (Å²) in [5.74, 6) is 0.145. The van der Waals surface area contributed by atoms with Gasteiger partial charge in [0.2, 0.25) is 5.90 Å². The maximum absolute atomic E-state index is 11.8. The van der Waals surface area contributed by atoms with Crippen molar-refractivity contribution in [3.05, 3.63) is 24.6 Å². The third-order valence-corrected chi connectivity index (χ3v) is 1.35. The van der Waals surface area contributed by atoms with E-state index in [0.717, 1.165) is 0 Å². The van der Waals surface area contributed by atoms with E-state index >= 15 is 0 Å². The molecule has 0 amide bonds. The van der Waals surface area contributed by atoms with Gasteiger partial charge >= 0.3 is 6.18 Å². The Morgan fingerprint density at radius 2 is 2.13 bits per heavy atom. The standard InChI is InChI=1S/C9H13F3N2O/c1-3-7(13)14-8(4-2)15-6-5-9(10,11)12/h3-4H,2,5-6,13H2,1H3/b7-3-,14-8?. The molecule has 0 aromatic heterocycles. The van der Waals surface area contributed by atoms with Gasteiger partial charge in [0.05, 0.1) is 13.0 Å². The highest BCUT2D eigenvalue weighted by molar-refractivity contribution is 5.87. The van der Waals surface area contributed by atoms with Gasteiger partial charge in [0.1, 0.15) is 5.82 Å². The molecule has 0 aliphatic rings. The summed E-state index contributed by atoms with van der Waals surface area (Å²) < 4.78 is 40.0. The molecule has 0 aliphatic carbocycles. The van der Waals surface area contributed by atoms with Crippen LogP contribution >= 0.6 is 0 Å². The number of aliphatic imine (C=N–C) groups is 1. The number of nitrogens with zero attached hydrogens (tertiary/aromatic N) is 1. The Morgan fingerprint density at radius 1 is 1.53 bits per heavy atom. The summed E-state index contributed by atoms with van der Waals surface area (Å²) in [6.45, 7) is 4.50. The predicted octanol–water partition coefficient (Wildman–Crippen LogP) is 2.36. The van der Waals surface area contributed by atoms with Crippen LogP contribution in [0.3, 0.4) is 0 Å². The molecule has 3 nitrogen and oxygen atoms in total. The average Bonchev–Trinajstić information content (AvgIpc) is 2.14. The summed E-state index contributed by atoms with van der Waals surface area (Å²) in [4.78, 5) is 3.68. The van der Waals surface area contributed by atoms with Crippen LogP contribution in [-0.2, 0) is 4.74 Å². The lowest BCUT2D eigenvalue weighted by Gasteiger charge is -2.08. The van der Waals surface area contributed by atoms with Crippen molar-refractivity contribution in [3.63, 3.8) is 0 Å². The molecule has 86 valence electrons. The zero-order valence-corrected chi connectivity index (χ0v) is 8.34. The predicted molar refractivity (Wildman–Crippen MR) is 52.2 cm³/mol. The van der Waals surface area contributed by atoms with Crippen molar-refractivity contribution in [1.29, 1.82) is 0 Å². The second kappa shape index (κ2) is 6.10. The van der Waals surface area contributed by atoms with Crippen LogP contribution in [0.5, 0.6) is 0 Å². The van der Waals surface area contributed by atoms with Crippen molar-refractivity contribution in [1.82, 2.24) is 0 Å². The smallest absolute Gasteiger partial charge is 0.392 e. The van der Waals surface area contributed by atoms with E-state index in [0.29, 0.717) is 0 Å². The Hall–Kier alpha value is -1.46. The summed E-state index contributed by atoms with van der Waals surface area (Å²) in [5, 5.41) is 0. The lowest BCUT2D eigenvalue weighted by Crippen LogP contribution is -2.14. The monoisotopic (exact) mass is 222 g/mol. The first-order valence-electron chi connectivity index (χ1n) is 4.21. The molecule has 2 N–H and O–H groups in total. The highest BCUT2D eigenvalue weighted by Crippen LogP contribution is 2.19. The van der Waals surface area contributed by atoms with Crippen LogP contribution < -0.4 is 5.73 Å². The fourth-order valence-corrected chi connectivity index (χ4v) is 0.600. The molecule has 15 heavy (non-hydrogen) atoms. The van der Waals surface area contributed by atoms with Crippen molar-refractivity contribution in [3.8, 4) is 0 Å². The van der Waals surface area contributed by atoms with Gasteiger partial charge in [-0.3, -0.25) is 0 Å². The maximum atomic E-state index is 11.8. The normalized spacial score (nSPS) is 13.9. The molecular formula is C9H13F3N2O. The van der Waals surface area contributed by atoms with Crippen LogP contribution in [0.2, 0.25) is 0 Å². The van der Waals surface area contributed by atoms with E-state index in [2.05, 4.69) is 11.6 Å². The Bertz CT molecular complexity index is 269. The van der Waals surface area contributed by atoms with Crippen molar-refractivity contribution in [2.24, 2.45) is 10.7 Å². The maximum Gasteiger partial charge on any atom is 0.392 e. The highest BCUT2D eigenvalue weighted by atomic mass is 19.4. The van der Waals surface area contributed by atoms with Gasteiger partial charge in [-0.15, -0.1) is 0 Å². The first-order chi connectivity index (χ1) is 6.89. The van der Waals surface area contributed by atoms with Gasteiger partial charge in [-0.25, -0.2) is 0 Å². The fraction of sp³-hybridized carbons (Fsp3) is 0.444. The van der Waals surface area contributed by atoms with Crippen molar-refractivity contribution in [2.75, 3.05) is 6.61 Å². The minimum Gasteiger partial charge on any atom is -0.477 e. The van der Waals surface area contributed by atoms with Gasteiger partial charge in [-0.2, -0.15) is 18.2 Å². The first-order valence-corrected chi connectivity index (χ1v) is 4.21. The Morgan fingerprint density at radius 3 is 2.53 bits per heavy atom. The largest absolute Gasteiger partial charge is 0.477 e. The van der Waals surface area contributed by atoms with Crippen molar-refractivity contribution >= 4 is 5.90 Å². The second-order valence-corrected chi connectivity index (χ2v) is 2.58. The lowest BCUT2D eigenvalue weighted by atomic mass is 10.4. The van der Waals surface area contributed by atoms with Crippen LogP contribution in [0.25, 0.3) is 0 Å². The summed E-state index contributed by atoms with van der Waals surface area (Å²) in [7, 11) is 0. The third-order valence-electron chi connectivity index (χ3n) is 1.35. The Kier molecular flexibility index (Phi) is 5.51. The van der Waals surface area contributed by atoms with Gasteiger partial charge in [0.15, 0.2) is 0 Å². The minimum absolute atomic E-state index is 0.0187. The molecule has 0 heterocycles. The van der Waals surface area contributed by atoms with Gasteiger partial charge in [-0.1, -0.05) is 6.58 Å². The number of nitrogens with two attached hydrogens (primary N) is 1. The van der Waals surface area contributed by atoms with Crippen LogP contribution in [0.1, 0.15) is 13.3 Å². The Labute approximate surface area is 86.1 Å². The minimum atomic E-state index is -4.24. The third kappa shape index (κ3) is 7.60. The molecule has 0 bridgehead atoms. The number of halogens is 3.